The van der Waals surface area contributed by atoms with Crippen molar-refractivity contribution < 1.29 is 28.2 Å². The van der Waals surface area contributed by atoms with Crippen LogP contribution in [0.5, 0.6) is 5.75 Å². The number of ketones is 1. The lowest BCUT2D eigenvalue weighted by atomic mass is 10.1. The number of benzene rings is 2. The van der Waals surface area contributed by atoms with Crippen LogP contribution in [0.4, 0.5) is 10.1 Å². The Kier molecular flexibility index (Phi) is 8.67. The number of hydrogen-bond acceptors (Lipinski definition) is 6. The molecule has 8 heteroatoms. The largest absolute Gasteiger partial charge is 0.489 e. The fraction of sp³-hybridized carbons (Fsp3) is 0.286. The average Bonchev–Trinajstić information content (AvgIpc) is 2.71. The molecule has 0 radical (unpaired) electrons. The fourth-order valence-electron chi connectivity index (χ4n) is 2.29. The van der Waals surface area contributed by atoms with Gasteiger partial charge in [-0.15, -0.1) is 11.8 Å². The number of halogens is 1. The normalized spacial score (nSPS) is 11.4. The van der Waals surface area contributed by atoms with Crippen LogP contribution in [-0.2, 0) is 14.3 Å². The predicted molar refractivity (Wildman–Crippen MR) is 110 cm³/mol. The first kappa shape index (κ1) is 22.4. The van der Waals surface area contributed by atoms with Gasteiger partial charge in [0.15, 0.2) is 5.78 Å². The molecule has 1 atom stereocenters. The fourth-order valence-corrected chi connectivity index (χ4v) is 2.97. The number of ether oxygens (including phenoxy) is 2. The summed E-state index contributed by atoms with van der Waals surface area (Å²) in [6.07, 6.45) is 0. The second kappa shape index (κ2) is 11.2. The number of para-hydroxylation sites is 1. The van der Waals surface area contributed by atoms with Gasteiger partial charge in [-0.2, -0.15) is 0 Å². The Morgan fingerprint density at radius 2 is 1.76 bits per heavy atom. The van der Waals surface area contributed by atoms with Gasteiger partial charge in [-0.25, -0.2) is 4.39 Å². The average molecular weight is 419 g/mol. The highest BCUT2D eigenvalue weighted by Gasteiger charge is 2.17. The molecule has 2 rings (SSSR count). The minimum absolute atomic E-state index is 0.0255. The van der Waals surface area contributed by atoms with Gasteiger partial charge in [0, 0.05) is 5.69 Å². The molecule has 29 heavy (non-hydrogen) atoms. The molecule has 0 aliphatic carbocycles. The van der Waals surface area contributed by atoms with Gasteiger partial charge in [0.1, 0.15) is 30.0 Å². The Hall–Kier alpha value is -2.87. The zero-order valence-corrected chi connectivity index (χ0v) is 17.0. The van der Waals surface area contributed by atoms with E-state index in [0.29, 0.717) is 17.0 Å². The first-order valence-electron chi connectivity index (χ1n) is 8.93. The lowest BCUT2D eigenvalue weighted by Crippen LogP contribution is -2.23. The van der Waals surface area contributed by atoms with Crippen molar-refractivity contribution in [3.63, 3.8) is 0 Å². The molecule has 0 spiro atoms. The van der Waals surface area contributed by atoms with Gasteiger partial charge in [0.05, 0.1) is 11.3 Å². The molecule has 2 aromatic carbocycles. The standard InChI is InChI=1S/C21H22FNO5S/c1-14(24)18-5-3-4-6-19(18)27-11-12-28-21(26)15(2)29-13-20(25)23-17-9-7-16(22)8-10-17/h3-10,15H,11-13H2,1-2H3,(H,23,25). The number of carbonyl (C=O) groups excluding carboxylic acids is 3. The van der Waals surface area contributed by atoms with Crippen LogP contribution in [0.3, 0.4) is 0 Å². The second-order valence-electron chi connectivity index (χ2n) is 6.08. The van der Waals surface area contributed by atoms with Crippen molar-refractivity contribution in [3.8, 4) is 5.75 Å². The van der Waals surface area contributed by atoms with E-state index in [4.69, 9.17) is 9.47 Å². The van der Waals surface area contributed by atoms with E-state index in [1.54, 1.807) is 31.2 Å². The first-order chi connectivity index (χ1) is 13.9. The van der Waals surface area contributed by atoms with Gasteiger partial charge in [0.2, 0.25) is 5.91 Å². The third-order valence-electron chi connectivity index (χ3n) is 3.78. The summed E-state index contributed by atoms with van der Waals surface area (Å²) in [4.78, 5) is 35.5. The molecule has 0 saturated heterocycles. The van der Waals surface area contributed by atoms with Gasteiger partial charge >= 0.3 is 5.97 Å². The van der Waals surface area contributed by atoms with Gasteiger partial charge in [-0.05, 0) is 50.2 Å². The molecule has 1 amide bonds. The minimum Gasteiger partial charge on any atom is -0.489 e. The maximum Gasteiger partial charge on any atom is 0.318 e. The van der Waals surface area contributed by atoms with Crippen LogP contribution in [0.1, 0.15) is 24.2 Å². The summed E-state index contributed by atoms with van der Waals surface area (Å²) in [6, 6.07) is 12.3. The van der Waals surface area contributed by atoms with Crippen molar-refractivity contribution in [3.05, 3.63) is 59.9 Å². The zero-order valence-electron chi connectivity index (χ0n) is 16.1. The summed E-state index contributed by atoms with van der Waals surface area (Å²) in [7, 11) is 0. The Labute approximate surface area is 172 Å². The van der Waals surface area contributed by atoms with Gasteiger partial charge in [-0.3, -0.25) is 14.4 Å². The van der Waals surface area contributed by atoms with Crippen molar-refractivity contribution >= 4 is 35.1 Å². The lowest BCUT2D eigenvalue weighted by Gasteiger charge is -2.13. The molecule has 0 heterocycles. The van der Waals surface area contributed by atoms with E-state index in [1.165, 1.54) is 31.2 Å². The second-order valence-corrected chi connectivity index (χ2v) is 7.41. The Morgan fingerprint density at radius 1 is 1.07 bits per heavy atom. The number of nitrogens with one attached hydrogen (secondary N) is 1. The Balaban J connectivity index is 1.68. The zero-order chi connectivity index (χ0) is 21.2. The smallest absolute Gasteiger partial charge is 0.318 e. The number of amides is 1. The Morgan fingerprint density at radius 3 is 2.45 bits per heavy atom. The number of carbonyl (C=O) groups is 3. The summed E-state index contributed by atoms with van der Waals surface area (Å²) < 4.78 is 23.5. The summed E-state index contributed by atoms with van der Waals surface area (Å²) in [5.41, 5.74) is 0.949. The van der Waals surface area contributed by atoms with E-state index in [2.05, 4.69) is 5.32 Å². The molecular formula is C21H22FNO5S. The highest BCUT2D eigenvalue weighted by Crippen LogP contribution is 2.18. The molecular weight excluding hydrogens is 397 g/mol. The molecule has 0 saturated carbocycles. The van der Waals surface area contributed by atoms with Crippen molar-refractivity contribution in [1.29, 1.82) is 0 Å². The minimum atomic E-state index is -0.543. The maximum atomic E-state index is 12.9. The van der Waals surface area contributed by atoms with E-state index in [9.17, 15) is 18.8 Å². The molecule has 0 fully saturated rings. The van der Waals surface area contributed by atoms with Crippen LogP contribution in [-0.4, -0.2) is 41.9 Å². The highest BCUT2D eigenvalue weighted by molar-refractivity contribution is 8.01. The van der Waals surface area contributed by atoms with Crippen LogP contribution in [0.15, 0.2) is 48.5 Å². The van der Waals surface area contributed by atoms with Crippen molar-refractivity contribution in [2.75, 3.05) is 24.3 Å². The summed E-state index contributed by atoms with van der Waals surface area (Å²) in [5.74, 6) is -0.769. The van der Waals surface area contributed by atoms with E-state index in [-0.39, 0.29) is 36.5 Å². The van der Waals surface area contributed by atoms with Gasteiger partial charge in [0.25, 0.3) is 0 Å². The molecule has 154 valence electrons. The molecule has 2 aromatic rings. The third kappa shape index (κ3) is 7.57. The van der Waals surface area contributed by atoms with Crippen LogP contribution >= 0.6 is 11.8 Å². The topological polar surface area (TPSA) is 81.7 Å². The van der Waals surface area contributed by atoms with Gasteiger partial charge in [-0.1, -0.05) is 12.1 Å². The maximum absolute atomic E-state index is 12.9. The van der Waals surface area contributed by atoms with Crippen LogP contribution in [0.25, 0.3) is 0 Å². The molecule has 0 aromatic heterocycles. The van der Waals surface area contributed by atoms with Crippen molar-refractivity contribution in [2.45, 2.75) is 19.1 Å². The molecule has 1 N–H and O–H groups in total. The third-order valence-corrected chi connectivity index (χ3v) is 4.90. The highest BCUT2D eigenvalue weighted by atomic mass is 32.2. The molecule has 0 bridgehead atoms. The summed E-state index contributed by atoms with van der Waals surface area (Å²) in [5, 5.41) is 2.08. The van der Waals surface area contributed by atoms with E-state index in [0.717, 1.165) is 11.8 Å². The van der Waals surface area contributed by atoms with Crippen LogP contribution < -0.4 is 10.1 Å². The lowest BCUT2D eigenvalue weighted by molar-refractivity contribution is -0.143. The molecule has 0 aliphatic rings. The van der Waals surface area contributed by atoms with E-state index >= 15 is 0 Å². The molecule has 6 nitrogen and oxygen atoms in total. The number of Topliss-reactive ketones (excluding diaryl/α,β-unsaturated/α-hetero) is 1. The van der Waals surface area contributed by atoms with E-state index in [1.807, 2.05) is 0 Å². The van der Waals surface area contributed by atoms with Crippen LogP contribution in [0.2, 0.25) is 0 Å². The van der Waals surface area contributed by atoms with Crippen molar-refractivity contribution in [2.24, 2.45) is 0 Å². The number of thioether (sulfide) groups is 1. The predicted octanol–water partition coefficient (Wildman–Crippen LogP) is 3.71. The Bertz CT molecular complexity index is 856. The quantitative estimate of drug-likeness (QED) is 0.359. The summed E-state index contributed by atoms with van der Waals surface area (Å²) in [6.45, 7) is 3.23. The monoisotopic (exact) mass is 419 g/mol. The van der Waals surface area contributed by atoms with E-state index < -0.39 is 11.2 Å². The number of hydrogen-bond donors (Lipinski definition) is 1. The number of rotatable bonds is 10. The first-order valence-corrected chi connectivity index (χ1v) is 9.98. The van der Waals surface area contributed by atoms with Crippen molar-refractivity contribution in [1.82, 2.24) is 0 Å². The summed E-state index contributed by atoms with van der Waals surface area (Å²) >= 11 is 1.13. The molecule has 1 unspecified atom stereocenters. The van der Waals surface area contributed by atoms with Crippen LogP contribution in [0, 0.1) is 5.82 Å². The SMILES string of the molecule is CC(=O)c1ccccc1OCCOC(=O)C(C)SCC(=O)Nc1ccc(F)cc1. The number of esters is 1. The molecule has 0 aliphatic heterocycles. The number of anilines is 1. The van der Waals surface area contributed by atoms with Gasteiger partial charge < -0.3 is 14.8 Å².